The van der Waals surface area contributed by atoms with Gasteiger partial charge in [-0.3, -0.25) is 9.59 Å². The van der Waals surface area contributed by atoms with E-state index in [2.05, 4.69) is 10.1 Å². The molecule has 0 fully saturated rings. The molecule has 0 saturated carbocycles. The summed E-state index contributed by atoms with van der Waals surface area (Å²) in [6.45, 7) is 0.404. The Morgan fingerprint density at radius 2 is 1.63 bits per heavy atom. The van der Waals surface area contributed by atoms with Crippen molar-refractivity contribution in [3.05, 3.63) is 65.5 Å². The van der Waals surface area contributed by atoms with Crippen molar-refractivity contribution < 1.29 is 14.3 Å². The van der Waals surface area contributed by atoms with Gasteiger partial charge in [0.2, 0.25) is 0 Å². The van der Waals surface area contributed by atoms with Crippen LogP contribution in [-0.4, -0.2) is 30.5 Å². The first-order valence-corrected chi connectivity index (χ1v) is 9.47. The van der Waals surface area contributed by atoms with E-state index in [-0.39, 0.29) is 18.3 Å². The molecule has 138 valence electrons. The van der Waals surface area contributed by atoms with Crippen molar-refractivity contribution in [2.45, 2.75) is 12.8 Å². The minimum Gasteiger partial charge on any atom is -0.469 e. The van der Waals surface area contributed by atoms with Gasteiger partial charge in [0.05, 0.1) is 12.8 Å². The van der Waals surface area contributed by atoms with E-state index in [0.29, 0.717) is 23.5 Å². The van der Waals surface area contributed by atoms with Crippen molar-refractivity contribution in [1.82, 2.24) is 10.3 Å². The Balaban J connectivity index is 1.83. The van der Waals surface area contributed by atoms with Gasteiger partial charge in [0.25, 0.3) is 5.91 Å². The summed E-state index contributed by atoms with van der Waals surface area (Å²) < 4.78 is 4.61. The van der Waals surface area contributed by atoms with Crippen LogP contribution in [0.1, 0.15) is 22.5 Å². The molecule has 3 aromatic rings. The van der Waals surface area contributed by atoms with Crippen LogP contribution < -0.4 is 5.32 Å². The van der Waals surface area contributed by atoms with Crippen LogP contribution in [0.2, 0.25) is 0 Å². The van der Waals surface area contributed by atoms with Gasteiger partial charge < -0.3 is 10.1 Å². The smallest absolute Gasteiger partial charge is 0.305 e. The Morgan fingerprint density at radius 3 is 2.26 bits per heavy atom. The maximum atomic E-state index is 12.7. The van der Waals surface area contributed by atoms with Crippen LogP contribution in [-0.2, 0) is 9.53 Å². The molecule has 0 radical (unpaired) electrons. The number of ether oxygens (including phenoxy) is 1. The third kappa shape index (κ3) is 4.80. The fraction of sp³-hybridized carbons (Fsp3) is 0.190. The van der Waals surface area contributed by atoms with Crippen molar-refractivity contribution in [2.75, 3.05) is 13.7 Å². The second-order valence-corrected chi connectivity index (χ2v) is 6.86. The molecule has 0 bridgehead atoms. The van der Waals surface area contributed by atoms with Crippen molar-refractivity contribution in [2.24, 2.45) is 0 Å². The lowest BCUT2D eigenvalue weighted by molar-refractivity contribution is -0.140. The van der Waals surface area contributed by atoms with Crippen LogP contribution in [0.15, 0.2) is 60.7 Å². The molecule has 0 spiro atoms. The van der Waals surface area contributed by atoms with Crippen LogP contribution in [0.3, 0.4) is 0 Å². The zero-order valence-corrected chi connectivity index (χ0v) is 15.8. The molecule has 0 unspecified atom stereocenters. The standard InChI is InChI=1S/C21H20N2O3S/c1-26-17(24)13-8-14-22-20(25)19-18(15-9-4-2-5-10-15)23-21(27-19)16-11-6-3-7-12-16/h2-7,9-12H,8,13-14H2,1H3,(H,22,25). The molecule has 27 heavy (non-hydrogen) atoms. The average molecular weight is 380 g/mol. The van der Waals surface area contributed by atoms with Gasteiger partial charge in [0.1, 0.15) is 9.88 Å². The number of aromatic nitrogens is 1. The summed E-state index contributed by atoms with van der Waals surface area (Å²) in [5, 5.41) is 3.68. The van der Waals surface area contributed by atoms with E-state index in [1.54, 1.807) is 0 Å². The summed E-state index contributed by atoms with van der Waals surface area (Å²) in [5.41, 5.74) is 2.55. The molecule has 5 nitrogen and oxygen atoms in total. The number of thiazole rings is 1. The van der Waals surface area contributed by atoms with Gasteiger partial charge in [-0.1, -0.05) is 60.7 Å². The van der Waals surface area contributed by atoms with Crippen molar-refractivity contribution in [1.29, 1.82) is 0 Å². The highest BCUT2D eigenvalue weighted by Crippen LogP contribution is 2.33. The highest BCUT2D eigenvalue weighted by molar-refractivity contribution is 7.17. The number of carbonyl (C=O) groups is 2. The maximum absolute atomic E-state index is 12.7. The minimum absolute atomic E-state index is 0.182. The maximum Gasteiger partial charge on any atom is 0.305 e. The number of hydrogen-bond acceptors (Lipinski definition) is 5. The van der Waals surface area contributed by atoms with E-state index in [1.165, 1.54) is 18.4 Å². The van der Waals surface area contributed by atoms with Gasteiger partial charge in [-0.05, 0) is 6.42 Å². The lowest BCUT2D eigenvalue weighted by Crippen LogP contribution is -2.24. The highest BCUT2D eigenvalue weighted by Gasteiger charge is 2.20. The predicted octanol–water partition coefficient (Wildman–Crippen LogP) is 4.16. The van der Waals surface area contributed by atoms with Gasteiger partial charge in [0, 0.05) is 24.1 Å². The molecule has 1 amide bonds. The van der Waals surface area contributed by atoms with E-state index >= 15 is 0 Å². The molecule has 2 aromatic carbocycles. The molecule has 1 N–H and O–H groups in total. The zero-order valence-electron chi connectivity index (χ0n) is 15.0. The van der Waals surface area contributed by atoms with Crippen LogP contribution in [0, 0.1) is 0 Å². The number of methoxy groups -OCH3 is 1. The summed E-state index contributed by atoms with van der Waals surface area (Å²) in [5.74, 6) is -0.461. The summed E-state index contributed by atoms with van der Waals surface area (Å²) in [4.78, 5) is 29.2. The summed E-state index contributed by atoms with van der Waals surface area (Å²) in [7, 11) is 1.36. The van der Waals surface area contributed by atoms with Crippen LogP contribution in [0.5, 0.6) is 0 Å². The largest absolute Gasteiger partial charge is 0.469 e. The topological polar surface area (TPSA) is 68.3 Å². The zero-order chi connectivity index (χ0) is 19.1. The third-order valence-corrected chi connectivity index (χ3v) is 5.08. The molecule has 0 atom stereocenters. The predicted molar refractivity (Wildman–Crippen MR) is 107 cm³/mol. The van der Waals surface area contributed by atoms with E-state index in [4.69, 9.17) is 4.98 Å². The molecule has 0 aliphatic rings. The van der Waals surface area contributed by atoms with Gasteiger partial charge in [-0.25, -0.2) is 4.98 Å². The average Bonchev–Trinajstić information content (AvgIpc) is 3.18. The second kappa shape index (κ2) is 9.09. The van der Waals surface area contributed by atoms with Crippen molar-refractivity contribution >= 4 is 23.2 Å². The SMILES string of the molecule is COC(=O)CCCNC(=O)c1sc(-c2ccccc2)nc1-c1ccccc1. The Kier molecular flexibility index (Phi) is 6.33. The Hall–Kier alpha value is -2.99. The number of hydrogen-bond donors (Lipinski definition) is 1. The summed E-state index contributed by atoms with van der Waals surface area (Å²) in [6.07, 6.45) is 0.809. The van der Waals surface area contributed by atoms with E-state index in [9.17, 15) is 9.59 Å². The quantitative estimate of drug-likeness (QED) is 0.494. The molecule has 3 rings (SSSR count). The monoisotopic (exact) mass is 380 g/mol. The number of esters is 1. The first-order chi connectivity index (χ1) is 13.2. The lowest BCUT2D eigenvalue weighted by Gasteiger charge is -2.05. The molecule has 0 aliphatic heterocycles. The van der Waals surface area contributed by atoms with Crippen LogP contribution in [0.25, 0.3) is 21.8 Å². The van der Waals surface area contributed by atoms with Crippen molar-refractivity contribution in [3.63, 3.8) is 0 Å². The van der Waals surface area contributed by atoms with Crippen LogP contribution in [0.4, 0.5) is 0 Å². The third-order valence-electron chi connectivity index (χ3n) is 3.97. The van der Waals surface area contributed by atoms with Gasteiger partial charge in [0.15, 0.2) is 0 Å². The number of amides is 1. The number of rotatable bonds is 7. The number of benzene rings is 2. The van der Waals surface area contributed by atoms with Gasteiger partial charge in [-0.15, -0.1) is 11.3 Å². The Bertz CT molecular complexity index is 908. The molecular weight excluding hydrogens is 360 g/mol. The van der Waals surface area contributed by atoms with E-state index < -0.39 is 0 Å². The Morgan fingerprint density at radius 1 is 1.00 bits per heavy atom. The first kappa shape index (κ1) is 18.8. The Labute approximate surface area is 162 Å². The summed E-state index contributed by atoms with van der Waals surface area (Å²) >= 11 is 1.37. The van der Waals surface area contributed by atoms with E-state index in [0.717, 1.165) is 16.1 Å². The fourth-order valence-electron chi connectivity index (χ4n) is 2.59. The number of carbonyl (C=O) groups excluding carboxylic acids is 2. The molecular formula is C21H20N2O3S. The highest BCUT2D eigenvalue weighted by atomic mass is 32.1. The van der Waals surface area contributed by atoms with Gasteiger partial charge in [-0.2, -0.15) is 0 Å². The number of nitrogens with one attached hydrogen (secondary N) is 1. The molecule has 6 heteroatoms. The molecule has 0 saturated heterocycles. The van der Waals surface area contributed by atoms with Crippen LogP contribution >= 0.6 is 11.3 Å². The van der Waals surface area contributed by atoms with Crippen molar-refractivity contribution in [3.8, 4) is 21.8 Å². The molecule has 1 aromatic heterocycles. The first-order valence-electron chi connectivity index (χ1n) is 8.65. The molecule has 1 heterocycles. The number of nitrogens with zero attached hydrogens (tertiary/aromatic N) is 1. The normalized spacial score (nSPS) is 10.4. The van der Waals surface area contributed by atoms with Gasteiger partial charge >= 0.3 is 5.97 Å². The fourth-order valence-corrected chi connectivity index (χ4v) is 3.60. The summed E-state index contributed by atoms with van der Waals surface area (Å²) in [6, 6.07) is 19.5. The van der Waals surface area contributed by atoms with E-state index in [1.807, 2.05) is 60.7 Å². The second-order valence-electron chi connectivity index (χ2n) is 5.86. The minimum atomic E-state index is -0.279. The lowest BCUT2D eigenvalue weighted by atomic mass is 10.1. The molecule has 0 aliphatic carbocycles.